The first-order valence-corrected chi connectivity index (χ1v) is 7.95. The summed E-state index contributed by atoms with van der Waals surface area (Å²) < 4.78 is 1.17. The first kappa shape index (κ1) is 16.6. The highest BCUT2D eigenvalue weighted by Crippen LogP contribution is 2.22. The molecular weight excluding hydrogens is 351 g/mol. The maximum absolute atomic E-state index is 4.72. The third kappa shape index (κ3) is 5.60. The predicted octanol–water partition coefficient (Wildman–Crippen LogP) is 3.16. The van der Waals surface area contributed by atoms with E-state index in [1.54, 1.807) is 0 Å². The molecule has 1 aromatic rings. The Labute approximate surface area is 130 Å². The zero-order chi connectivity index (χ0) is 14.4. The van der Waals surface area contributed by atoms with Crippen LogP contribution in [0.25, 0.3) is 0 Å². The first-order chi connectivity index (χ1) is 8.93. The molecule has 4 nitrogen and oxygen atoms in total. The Kier molecular flexibility index (Phi) is 6.99. The molecule has 0 aliphatic heterocycles. The molecule has 0 aliphatic rings. The molecule has 0 radical (unpaired) electrons. The highest BCUT2D eigenvalue weighted by Gasteiger charge is 2.13. The average Bonchev–Trinajstić information content (AvgIpc) is 2.30. The van der Waals surface area contributed by atoms with Gasteiger partial charge >= 0.3 is 0 Å². The van der Waals surface area contributed by atoms with E-state index < -0.39 is 0 Å². The number of halogens is 1. The van der Waals surface area contributed by atoms with Crippen molar-refractivity contribution in [3.8, 4) is 0 Å². The van der Waals surface area contributed by atoms with Crippen LogP contribution in [-0.2, 0) is 13.0 Å². The molecule has 108 valence electrons. The van der Waals surface area contributed by atoms with Gasteiger partial charge in [0, 0.05) is 6.54 Å². The minimum atomic E-state index is 0.606. The van der Waals surface area contributed by atoms with Crippen molar-refractivity contribution in [1.82, 2.24) is 14.9 Å². The van der Waals surface area contributed by atoms with E-state index in [2.05, 4.69) is 58.6 Å². The Bertz CT molecular complexity index is 405. The smallest absolute Gasteiger partial charge is 0.145 e. The highest BCUT2D eigenvalue weighted by atomic mass is 127. The summed E-state index contributed by atoms with van der Waals surface area (Å²) in [5, 5.41) is 3.41. The third-order valence-electron chi connectivity index (χ3n) is 2.57. The van der Waals surface area contributed by atoms with E-state index in [0.29, 0.717) is 5.92 Å². The van der Waals surface area contributed by atoms with Crippen molar-refractivity contribution >= 4 is 28.4 Å². The van der Waals surface area contributed by atoms with E-state index in [4.69, 9.17) is 4.98 Å². The topological polar surface area (TPSA) is 41.1 Å². The van der Waals surface area contributed by atoms with E-state index in [1.807, 2.05) is 14.1 Å². The minimum Gasteiger partial charge on any atom is -0.369 e. The molecule has 0 spiro atoms. The zero-order valence-corrected chi connectivity index (χ0v) is 14.8. The van der Waals surface area contributed by atoms with Crippen LogP contribution >= 0.6 is 22.6 Å². The zero-order valence-electron chi connectivity index (χ0n) is 12.6. The van der Waals surface area contributed by atoms with Crippen molar-refractivity contribution in [3.63, 3.8) is 0 Å². The Morgan fingerprint density at radius 2 is 1.95 bits per heavy atom. The first-order valence-electron chi connectivity index (χ1n) is 6.87. The van der Waals surface area contributed by atoms with Crippen LogP contribution in [0.15, 0.2) is 0 Å². The van der Waals surface area contributed by atoms with Gasteiger partial charge in [-0.05, 0) is 55.4 Å². The Balaban J connectivity index is 3.06. The van der Waals surface area contributed by atoms with Gasteiger partial charge in [-0.25, -0.2) is 9.97 Å². The summed E-state index contributed by atoms with van der Waals surface area (Å²) in [6, 6.07) is 0. The van der Waals surface area contributed by atoms with Gasteiger partial charge in [-0.2, -0.15) is 0 Å². The van der Waals surface area contributed by atoms with E-state index in [-0.39, 0.29) is 0 Å². The Hall–Kier alpha value is -0.430. The second-order valence-corrected chi connectivity index (χ2v) is 6.59. The molecule has 1 rings (SSSR count). The molecule has 0 saturated carbocycles. The van der Waals surface area contributed by atoms with Crippen LogP contribution in [0.1, 0.15) is 38.7 Å². The van der Waals surface area contributed by atoms with Crippen LogP contribution in [0.4, 0.5) is 5.82 Å². The van der Waals surface area contributed by atoms with E-state index in [0.717, 1.165) is 37.6 Å². The molecular formula is C14H25IN4. The standard InChI is InChI=1S/C14H25IN4/c1-6-7-16-14-13(15)11(8-10(2)3)17-12(18-14)9-19(4)5/h10H,6-9H2,1-5H3,(H,16,17,18). The molecule has 0 aromatic carbocycles. The fourth-order valence-corrected chi connectivity index (χ4v) is 2.43. The van der Waals surface area contributed by atoms with Crippen molar-refractivity contribution in [2.45, 2.75) is 40.2 Å². The lowest BCUT2D eigenvalue weighted by atomic mass is 10.1. The summed E-state index contributed by atoms with van der Waals surface area (Å²) >= 11 is 2.36. The number of aromatic nitrogens is 2. The second-order valence-electron chi connectivity index (χ2n) is 5.51. The van der Waals surface area contributed by atoms with E-state index in [9.17, 15) is 0 Å². The highest BCUT2D eigenvalue weighted by molar-refractivity contribution is 14.1. The minimum absolute atomic E-state index is 0.606. The SMILES string of the molecule is CCCNc1nc(CN(C)C)nc(CC(C)C)c1I. The monoisotopic (exact) mass is 376 g/mol. The molecule has 0 bridgehead atoms. The lowest BCUT2D eigenvalue weighted by Crippen LogP contribution is -2.17. The fraction of sp³-hybridized carbons (Fsp3) is 0.714. The van der Waals surface area contributed by atoms with Crippen LogP contribution < -0.4 is 5.32 Å². The molecule has 0 amide bonds. The van der Waals surface area contributed by atoms with Crippen molar-refractivity contribution in [1.29, 1.82) is 0 Å². The van der Waals surface area contributed by atoms with Crippen molar-refractivity contribution in [2.75, 3.05) is 26.0 Å². The van der Waals surface area contributed by atoms with E-state index >= 15 is 0 Å². The number of rotatable bonds is 7. The third-order valence-corrected chi connectivity index (χ3v) is 3.70. The van der Waals surface area contributed by atoms with Crippen LogP contribution in [-0.4, -0.2) is 35.5 Å². The number of hydrogen-bond acceptors (Lipinski definition) is 4. The Morgan fingerprint density at radius 3 is 2.47 bits per heavy atom. The number of nitrogens with one attached hydrogen (secondary N) is 1. The Morgan fingerprint density at radius 1 is 1.26 bits per heavy atom. The van der Waals surface area contributed by atoms with Gasteiger partial charge in [0.15, 0.2) is 0 Å². The molecule has 1 N–H and O–H groups in total. The molecule has 5 heteroatoms. The molecule has 19 heavy (non-hydrogen) atoms. The second kappa shape index (κ2) is 7.99. The number of anilines is 1. The lowest BCUT2D eigenvalue weighted by Gasteiger charge is -2.15. The fourth-order valence-electron chi connectivity index (χ4n) is 1.78. The van der Waals surface area contributed by atoms with Crippen LogP contribution in [0.3, 0.4) is 0 Å². The van der Waals surface area contributed by atoms with Crippen LogP contribution in [0.2, 0.25) is 0 Å². The largest absolute Gasteiger partial charge is 0.369 e. The van der Waals surface area contributed by atoms with Gasteiger partial charge in [0.25, 0.3) is 0 Å². The summed E-state index contributed by atoms with van der Waals surface area (Å²) in [6.07, 6.45) is 2.10. The summed E-state index contributed by atoms with van der Waals surface area (Å²) in [5.74, 6) is 2.50. The molecule has 0 unspecified atom stereocenters. The van der Waals surface area contributed by atoms with Crippen LogP contribution in [0, 0.1) is 9.49 Å². The summed E-state index contributed by atoms with van der Waals surface area (Å²) in [6.45, 7) is 8.35. The van der Waals surface area contributed by atoms with Crippen LogP contribution in [0.5, 0.6) is 0 Å². The number of hydrogen-bond donors (Lipinski definition) is 1. The molecule has 1 aromatic heterocycles. The normalized spacial score (nSPS) is 11.4. The van der Waals surface area contributed by atoms with Gasteiger partial charge in [0.1, 0.15) is 11.6 Å². The molecule has 0 saturated heterocycles. The van der Waals surface area contributed by atoms with Gasteiger partial charge in [-0.3, -0.25) is 0 Å². The van der Waals surface area contributed by atoms with Gasteiger partial charge < -0.3 is 10.2 Å². The summed E-state index contributed by atoms with van der Waals surface area (Å²) in [5.41, 5.74) is 1.17. The predicted molar refractivity (Wildman–Crippen MR) is 89.5 cm³/mol. The van der Waals surface area contributed by atoms with E-state index in [1.165, 1.54) is 9.26 Å². The molecule has 0 fully saturated rings. The lowest BCUT2D eigenvalue weighted by molar-refractivity contribution is 0.389. The van der Waals surface area contributed by atoms with Gasteiger partial charge in [0.2, 0.25) is 0 Å². The van der Waals surface area contributed by atoms with Gasteiger partial charge in [-0.1, -0.05) is 20.8 Å². The number of nitrogens with zero attached hydrogens (tertiary/aromatic N) is 3. The van der Waals surface area contributed by atoms with Crippen molar-refractivity contribution in [3.05, 3.63) is 15.1 Å². The maximum Gasteiger partial charge on any atom is 0.145 e. The van der Waals surface area contributed by atoms with Gasteiger partial charge in [-0.15, -0.1) is 0 Å². The molecule has 1 heterocycles. The quantitative estimate of drug-likeness (QED) is 0.743. The van der Waals surface area contributed by atoms with Crippen molar-refractivity contribution in [2.24, 2.45) is 5.92 Å². The molecule has 0 aliphatic carbocycles. The summed E-state index contributed by atoms with van der Waals surface area (Å²) in [4.78, 5) is 11.5. The van der Waals surface area contributed by atoms with Gasteiger partial charge in [0.05, 0.1) is 15.8 Å². The maximum atomic E-state index is 4.72. The average molecular weight is 376 g/mol. The summed E-state index contributed by atoms with van der Waals surface area (Å²) in [7, 11) is 4.09. The van der Waals surface area contributed by atoms with Crippen molar-refractivity contribution < 1.29 is 0 Å². The molecule has 0 atom stereocenters.